The molecule has 5 nitrogen and oxygen atoms in total. The van der Waals surface area contributed by atoms with Crippen molar-refractivity contribution in [2.45, 2.75) is 26.2 Å². The van der Waals surface area contributed by atoms with Crippen LogP contribution in [-0.2, 0) is 22.4 Å². The van der Waals surface area contributed by atoms with E-state index in [4.69, 9.17) is 5.26 Å². The average molecular weight is 336 g/mol. The predicted molar refractivity (Wildman–Crippen MR) is 95.2 cm³/mol. The summed E-state index contributed by atoms with van der Waals surface area (Å²) < 4.78 is 4.69. The standard InChI is InChI=1S/C20H20N2O3/c1-14-13-18(22-19(23)11-12-21)10-9-16(14)6-3-15-4-7-17(8-5-15)20(24)25-2/h4-5,7-10,13H,3,6,11H2,1-2H3,(H,22,23). The van der Waals surface area contributed by atoms with E-state index in [2.05, 4.69) is 10.1 Å². The molecule has 0 aliphatic heterocycles. The Morgan fingerprint density at radius 1 is 1.12 bits per heavy atom. The maximum absolute atomic E-state index is 11.5. The molecule has 0 aromatic heterocycles. The highest BCUT2D eigenvalue weighted by atomic mass is 16.5. The fraction of sp³-hybridized carbons (Fsp3) is 0.250. The lowest BCUT2D eigenvalue weighted by molar-refractivity contribution is -0.115. The van der Waals surface area contributed by atoms with Crippen LogP contribution in [0.2, 0.25) is 0 Å². The summed E-state index contributed by atoms with van der Waals surface area (Å²) >= 11 is 0. The number of carbonyl (C=O) groups is 2. The maximum Gasteiger partial charge on any atom is 0.337 e. The minimum atomic E-state index is -0.337. The Kier molecular flexibility index (Phi) is 6.30. The number of hydrogen-bond donors (Lipinski definition) is 1. The van der Waals surface area contributed by atoms with Crippen molar-refractivity contribution >= 4 is 17.6 Å². The number of nitriles is 1. The van der Waals surface area contributed by atoms with Crippen molar-refractivity contribution in [1.82, 2.24) is 0 Å². The number of aryl methyl sites for hydroxylation is 3. The summed E-state index contributed by atoms with van der Waals surface area (Å²) in [6.45, 7) is 2.00. The molecule has 0 aliphatic carbocycles. The fourth-order valence-electron chi connectivity index (χ4n) is 2.54. The molecule has 0 spiro atoms. The van der Waals surface area contributed by atoms with Crippen LogP contribution in [0.1, 0.15) is 33.5 Å². The molecule has 0 aliphatic rings. The fourth-order valence-corrected chi connectivity index (χ4v) is 2.54. The van der Waals surface area contributed by atoms with Crippen LogP contribution in [0.3, 0.4) is 0 Å². The number of hydrogen-bond acceptors (Lipinski definition) is 4. The number of esters is 1. The van der Waals surface area contributed by atoms with Crippen molar-refractivity contribution in [1.29, 1.82) is 5.26 Å². The number of anilines is 1. The van der Waals surface area contributed by atoms with Gasteiger partial charge in [0.05, 0.1) is 18.7 Å². The Morgan fingerprint density at radius 3 is 2.44 bits per heavy atom. The number of nitrogens with one attached hydrogen (secondary N) is 1. The molecule has 1 N–H and O–H groups in total. The van der Waals surface area contributed by atoms with Crippen LogP contribution >= 0.6 is 0 Å². The van der Waals surface area contributed by atoms with E-state index in [0.29, 0.717) is 11.3 Å². The summed E-state index contributed by atoms with van der Waals surface area (Å²) in [5, 5.41) is 11.2. The summed E-state index contributed by atoms with van der Waals surface area (Å²) in [6, 6.07) is 15.0. The van der Waals surface area contributed by atoms with Crippen LogP contribution in [0.4, 0.5) is 5.69 Å². The molecule has 5 heteroatoms. The van der Waals surface area contributed by atoms with Gasteiger partial charge in [0.25, 0.3) is 0 Å². The molecule has 2 rings (SSSR count). The van der Waals surface area contributed by atoms with Crippen molar-refractivity contribution < 1.29 is 14.3 Å². The van der Waals surface area contributed by atoms with Gasteiger partial charge in [-0.3, -0.25) is 4.79 Å². The first-order chi connectivity index (χ1) is 12.0. The van der Waals surface area contributed by atoms with E-state index in [-0.39, 0.29) is 18.3 Å². The zero-order valence-electron chi connectivity index (χ0n) is 14.3. The Bertz CT molecular complexity index is 805. The van der Waals surface area contributed by atoms with Crippen molar-refractivity contribution in [3.8, 4) is 6.07 Å². The van der Waals surface area contributed by atoms with Crippen LogP contribution in [0.25, 0.3) is 0 Å². The first-order valence-corrected chi connectivity index (χ1v) is 7.97. The molecule has 0 bridgehead atoms. The zero-order valence-corrected chi connectivity index (χ0v) is 14.3. The number of benzene rings is 2. The highest BCUT2D eigenvalue weighted by Crippen LogP contribution is 2.18. The highest BCUT2D eigenvalue weighted by molar-refractivity contribution is 5.92. The van der Waals surface area contributed by atoms with E-state index in [9.17, 15) is 9.59 Å². The Balaban J connectivity index is 1.98. The lowest BCUT2D eigenvalue weighted by atomic mass is 9.99. The van der Waals surface area contributed by atoms with Gasteiger partial charge >= 0.3 is 5.97 Å². The number of amides is 1. The van der Waals surface area contributed by atoms with Gasteiger partial charge in [-0.25, -0.2) is 4.79 Å². The molecule has 0 atom stereocenters. The highest BCUT2D eigenvalue weighted by Gasteiger charge is 2.06. The normalized spacial score (nSPS) is 9.96. The van der Waals surface area contributed by atoms with Crippen molar-refractivity contribution in [3.63, 3.8) is 0 Å². The Labute approximate surface area is 147 Å². The van der Waals surface area contributed by atoms with Crippen molar-refractivity contribution in [3.05, 3.63) is 64.7 Å². The van der Waals surface area contributed by atoms with Crippen molar-refractivity contribution in [2.75, 3.05) is 12.4 Å². The van der Waals surface area contributed by atoms with Gasteiger partial charge in [-0.1, -0.05) is 18.2 Å². The number of ether oxygens (including phenoxy) is 1. The second-order valence-electron chi connectivity index (χ2n) is 5.71. The second-order valence-corrected chi connectivity index (χ2v) is 5.71. The summed E-state index contributed by atoms with van der Waals surface area (Å²) in [7, 11) is 1.37. The summed E-state index contributed by atoms with van der Waals surface area (Å²) in [6.07, 6.45) is 1.56. The summed E-state index contributed by atoms with van der Waals surface area (Å²) in [4.78, 5) is 22.9. The third-order valence-electron chi connectivity index (χ3n) is 3.92. The number of rotatable bonds is 6. The Morgan fingerprint density at radius 2 is 1.84 bits per heavy atom. The van der Waals surface area contributed by atoms with Gasteiger partial charge in [-0.05, 0) is 60.7 Å². The molecule has 0 heterocycles. The summed E-state index contributed by atoms with van der Waals surface area (Å²) in [5.74, 6) is -0.642. The van der Waals surface area contributed by atoms with Gasteiger partial charge in [0.1, 0.15) is 6.42 Å². The lowest BCUT2D eigenvalue weighted by Gasteiger charge is -2.10. The van der Waals surface area contributed by atoms with Crippen LogP contribution in [0.5, 0.6) is 0 Å². The van der Waals surface area contributed by atoms with Crippen molar-refractivity contribution in [2.24, 2.45) is 0 Å². The monoisotopic (exact) mass is 336 g/mol. The van der Waals surface area contributed by atoms with E-state index in [1.807, 2.05) is 43.3 Å². The molecular formula is C20H20N2O3. The molecule has 2 aromatic rings. The molecule has 25 heavy (non-hydrogen) atoms. The smallest absolute Gasteiger partial charge is 0.337 e. The lowest BCUT2D eigenvalue weighted by Crippen LogP contribution is -2.10. The van der Waals surface area contributed by atoms with Gasteiger partial charge in [0.15, 0.2) is 0 Å². The van der Waals surface area contributed by atoms with Gasteiger partial charge in [0, 0.05) is 5.69 Å². The van der Waals surface area contributed by atoms with Crippen LogP contribution in [0, 0.1) is 18.3 Å². The minimum absolute atomic E-state index is 0.150. The molecule has 0 fully saturated rings. The van der Waals surface area contributed by atoms with E-state index >= 15 is 0 Å². The largest absolute Gasteiger partial charge is 0.465 e. The van der Waals surface area contributed by atoms with E-state index in [0.717, 1.165) is 24.0 Å². The van der Waals surface area contributed by atoms with Crippen LogP contribution in [0.15, 0.2) is 42.5 Å². The first kappa shape index (κ1) is 18.2. The number of methoxy groups -OCH3 is 1. The second kappa shape index (κ2) is 8.65. The molecule has 2 aromatic carbocycles. The van der Waals surface area contributed by atoms with Gasteiger partial charge in [-0.2, -0.15) is 5.26 Å². The number of carbonyl (C=O) groups excluding carboxylic acids is 2. The quantitative estimate of drug-likeness (QED) is 0.820. The van der Waals surface area contributed by atoms with Gasteiger partial charge in [0.2, 0.25) is 5.91 Å². The third-order valence-corrected chi connectivity index (χ3v) is 3.92. The van der Waals surface area contributed by atoms with Crippen LogP contribution < -0.4 is 5.32 Å². The third kappa shape index (κ3) is 5.18. The zero-order chi connectivity index (χ0) is 18.2. The molecule has 128 valence electrons. The number of nitrogens with zero attached hydrogens (tertiary/aromatic N) is 1. The average Bonchev–Trinajstić information content (AvgIpc) is 2.61. The maximum atomic E-state index is 11.5. The molecular weight excluding hydrogens is 316 g/mol. The summed E-state index contributed by atoms with van der Waals surface area (Å²) in [5.41, 5.74) is 4.65. The van der Waals surface area contributed by atoms with E-state index in [1.54, 1.807) is 12.1 Å². The van der Waals surface area contributed by atoms with Crippen LogP contribution in [-0.4, -0.2) is 19.0 Å². The predicted octanol–water partition coefficient (Wildman–Crippen LogP) is 3.42. The molecule has 0 unspecified atom stereocenters. The SMILES string of the molecule is COC(=O)c1ccc(CCc2ccc(NC(=O)CC#N)cc2C)cc1. The minimum Gasteiger partial charge on any atom is -0.465 e. The van der Waals surface area contributed by atoms with E-state index in [1.165, 1.54) is 12.7 Å². The van der Waals surface area contributed by atoms with E-state index < -0.39 is 0 Å². The topological polar surface area (TPSA) is 79.2 Å². The first-order valence-electron chi connectivity index (χ1n) is 7.97. The Hall–Kier alpha value is -3.13. The molecule has 0 saturated heterocycles. The van der Waals surface area contributed by atoms with Gasteiger partial charge in [-0.15, -0.1) is 0 Å². The molecule has 0 radical (unpaired) electrons. The molecule has 1 amide bonds. The van der Waals surface area contributed by atoms with Gasteiger partial charge < -0.3 is 10.1 Å². The molecule has 0 saturated carbocycles.